The smallest absolute Gasteiger partial charge is 0.432 e. The lowest BCUT2D eigenvalue weighted by atomic mass is 9.92. The second-order valence-corrected chi connectivity index (χ2v) is 9.59. The molecule has 3 N–H and O–H groups in total. The number of aromatic nitrogens is 1. The zero-order chi connectivity index (χ0) is 22.7. The lowest BCUT2D eigenvalue weighted by Crippen LogP contribution is -2.18. The van der Waals surface area contributed by atoms with Crippen LogP contribution in [0.4, 0.5) is 11.4 Å². The minimum atomic E-state index is -3.39. The van der Waals surface area contributed by atoms with Crippen LogP contribution in [-0.4, -0.2) is 24.4 Å². The summed E-state index contributed by atoms with van der Waals surface area (Å²) >= 11 is 0. The first kappa shape index (κ1) is 22.7. The first-order valence-corrected chi connectivity index (χ1v) is 12.9. The third-order valence-corrected chi connectivity index (χ3v) is 7.52. The van der Waals surface area contributed by atoms with Gasteiger partial charge in [0.15, 0.2) is 0 Å². The van der Waals surface area contributed by atoms with Crippen LogP contribution in [0.25, 0.3) is 22.2 Å². The van der Waals surface area contributed by atoms with E-state index in [1.807, 2.05) is 43.3 Å². The summed E-state index contributed by atoms with van der Waals surface area (Å²) in [6, 6.07) is 14.3. The molecule has 1 fully saturated rings. The van der Waals surface area contributed by atoms with E-state index in [0.717, 1.165) is 46.4 Å². The van der Waals surface area contributed by atoms with Gasteiger partial charge in [0.25, 0.3) is 0 Å². The highest BCUT2D eigenvalue weighted by Gasteiger charge is 2.27. The van der Waals surface area contributed by atoms with Gasteiger partial charge in [-0.15, -0.1) is 0 Å². The Morgan fingerprint density at radius 2 is 1.72 bits per heavy atom. The highest BCUT2D eigenvalue weighted by atomic mass is 31.2. The maximum atomic E-state index is 12.8. The molecule has 0 atom stereocenters. The predicted octanol–water partition coefficient (Wildman–Crippen LogP) is 6.61. The Hall–Kier alpha value is -2.47. The molecular weight excluding hydrogens is 425 g/mol. The monoisotopic (exact) mass is 457 g/mol. The number of ether oxygens (including phenoxy) is 1. The zero-order valence-corrected chi connectivity index (χ0v) is 19.9. The fourth-order valence-electron chi connectivity index (χ4n) is 4.19. The fraction of sp³-hybridized carbons (Fsp3) is 0.417. The van der Waals surface area contributed by atoms with Crippen molar-refractivity contribution in [2.24, 2.45) is 0 Å². The van der Waals surface area contributed by atoms with Crippen molar-refractivity contribution < 1.29 is 18.3 Å². The van der Waals surface area contributed by atoms with Gasteiger partial charge in [0.1, 0.15) is 5.75 Å². The van der Waals surface area contributed by atoms with Crippen LogP contribution in [-0.2, 0) is 13.6 Å². The standard InChI is InChI=1S/C24H32N3O4P/c1-4-29-20-14-15-21-22(16-20)27(19-8-7-9-19)24(23(21)25)17-10-12-18(13-11-17)26-32(28,30-5-2)31-6-3/h10-16,19H,4-9,25H2,1-3H3,(H,26,28). The third kappa shape index (κ3) is 4.38. The predicted molar refractivity (Wildman–Crippen MR) is 130 cm³/mol. The van der Waals surface area contributed by atoms with Crippen molar-refractivity contribution in [1.29, 1.82) is 0 Å². The third-order valence-electron chi connectivity index (χ3n) is 5.79. The second kappa shape index (κ2) is 9.57. The highest BCUT2D eigenvalue weighted by molar-refractivity contribution is 7.55. The maximum Gasteiger partial charge on any atom is 0.432 e. The molecule has 4 rings (SSSR count). The summed E-state index contributed by atoms with van der Waals surface area (Å²) in [5.74, 6) is 0.853. The fourth-order valence-corrected chi connectivity index (χ4v) is 5.54. The van der Waals surface area contributed by atoms with E-state index >= 15 is 0 Å². The van der Waals surface area contributed by atoms with Crippen molar-refractivity contribution in [2.75, 3.05) is 30.6 Å². The summed E-state index contributed by atoms with van der Waals surface area (Å²) in [6.45, 7) is 6.78. The van der Waals surface area contributed by atoms with E-state index < -0.39 is 7.75 Å². The van der Waals surface area contributed by atoms with Gasteiger partial charge in [0, 0.05) is 28.7 Å². The number of benzene rings is 2. The van der Waals surface area contributed by atoms with E-state index in [9.17, 15) is 4.57 Å². The van der Waals surface area contributed by atoms with E-state index in [1.54, 1.807) is 13.8 Å². The molecule has 0 radical (unpaired) electrons. The van der Waals surface area contributed by atoms with Gasteiger partial charge in [-0.2, -0.15) is 0 Å². The lowest BCUT2D eigenvalue weighted by Gasteiger charge is -2.30. The second-order valence-electron chi connectivity index (χ2n) is 7.85. The van der Waals surface area contributed by atoms with Gasteiger partial charge >= 0.3 is 7.75 Å². The van der Waals surface area contributed by atoms with E-state index in [0.29, 0.717) is 31.5 Å². The van der Waals surface area contributed by atoms with Crippen LogP contribution in [0.3, 0.4) is 0 Å². The molecule has 1 aliphatic carbocycles. The molecule has 1 saturated carbocycles. The summed E-state index contributed by atoms with van der Waals surface area (Å²) in [4.78, 5) is 0. The van der Waals surface area contributed by atoms with Crippen LogP contribution < -0.4 is 15.6 Å². The van der Waals surface area contributed by atoms with Gasteiger partial charge in [0.2, 0.25) is 0 Å². The van der Waals surface area contributed by atoms with Gasteiger partial charge in [-0.05, 0) is 64.3 Å². The number of nitrogens with zero attached hydrogens (tertiary/aromatic N) is 1. The number of hydrogen-bond acceptors (Lipinski definition) is 5. The Balaban J connectivity index is 1.73. The zero-order valence-electron chi connectivity index (χ0n) is 19.0. The van der Waals surface area contributed by atoms with E-state index in [-0.39, 0.29) is 0 Å². The van der Waals surface area contributed by atoms with Crippen molar-refractivity contribution in [2.45, 2.75) is 46.1 Å². The average molecular weight is 458 g/mol. The number of hydrogen-bond donors (Lipinski definition) is 2. The quantitative estimate of drug-likeness (QED) is 0.333. The van der Waals surface area contributed by atoms with Crippen LogP contribution in [0.15, 0.2) is 42.5 Å². The molecule has 172 valence electrons. The highest BCUT2D eigenvalue weighted by Crippen LogP contribution is 2.48. The summed E-state index contributed by atoms with van der Waals surface area (Å²) in [5.41, 5.74) is 11.2. The molecular formula is C24H32N3O4P. The molecule has 2 aromatic carbocycles. The molecule has 3 aromatic rings. The Bertz CT molecular complexity index is 1110. The first-order valence-electron chi connectivity index (χ1n) is 11.3. The molecule has 8 heteroatoms. The molecule has 32 heavy (non-hydrogen) atoms. The van der Waals surface area contributed by atoms with Crippen molar-refractivity contribution >= 4 is 30.0 Å². The maximum absolute atomic E-state index is 12.8. The average Bonchev–Trinajstić information content (AvgIpc) is 3.00. The van der Waals surface area contributed by atoms with Crippen molar-refractivity contribution in [1.82, 2.24) is 4.57 Å². The topological polar surface area (TPSA) is 87.7 Å². The summed E-state index contributed by atoms with van der Waals surface area (Å²) in [7, 11) is -3.39. The molecule has 0 unspecified atom stereocenters. The van der Waals surface area contributed by atoms with Gasteiger partial charge in [-0.1, -0.05) is 12.1 Å². The van der Waals surface area contributed by atoms with Crippen LogP contribution in [0.2, 0.25) is 0 Å². The van der Waals surface area contributed by atoms with Crippen LogP contribution in [0.5, 0.6) is 5.75 Å². The Morgan fingerprint density at radius 1 is 1.03 bits per heavy atom. The molecule has 0 spiro atoms. The molecule has 0 amide bonds. The lowest BCUT2D eigenvalue weighted by molar-refractivity contribution is 0.225. The van der Waals surface area contributed by atoms with Crippen molar-refractivity contribution in [3.8, 4) is 17.0 Å². The molecule has 1 aromatic heterocycles. The van der Waals surface area contributed by atoms with Crippen LogP contribution in [0, 0.1) is 0 Å². The summed E-state index contributed by atoms with van der Waals surface area (Å²) < 4.78 is 31.6. The number of fused-ring (bicyclic) bond motifs is 1. The minimum absolute atomic E-state index is 0.296. The number of nitrogens with one attached hydrogen (secondary N) is 1. The van der Waals surface area contributed by atoms with E-state index in [1.165, 1.54) is 6.42 Å². The minimum Gasteiger partial charge on any atom is -0.494 e. The van der Waals surface area contributed by atoms with Gasteiger partial charge in [0.05, 0.1) is 36.7 Å². The van der Waals surface area contributed by atoms with Gasteiger partial charge < -0.3 is 15.0 Å². The van der Waals surface area contributed by atoms with E-state index in [2.05, 4.69) is 15.7 Å². The van der Waals surface area contributed by atoms with Crippen LogP contribution >= 0.6 is 7.75 Å². The number of nitrogen functional groups attached to an aromatic ring is 1. The van der Waals surface area contributed by atoms with Gasteiger partial charge in [-0.25, -0.2) is 4.57 Å². The Morgan fingerprint density at radius 3 is 2.28 bits per heavy atom. The Kier molecular flexibility index (Phi) is 6.79. The molecule has 1 heterocycles. The number of nitrogens with two attached hydrogens (primary N) is 1. The molecule has 0 aliphatic heterocycles. The largest absolute Gasteiger partial charge is 0.494 e. The molecule has 1 aliphatic rings. The molecule has 0 saturated heterocycles. The molecule has 0 bridgehead atoms. The SMILES string of the molecule is CCOc1ccc2c(N)c(-c3ccc(NP(=O)(OCC)OCC)cc3)n(C3CCC3)c2c1. The summed E-state index contributed by atoms with van der Waals surface area (Å²) in [5, 5.41) is 3.95. The first-order chi connectivity index (χ1) is 15.5. The van der Waals surface area contributed by atoms with E-state index in [4.69, 9.17) is 19.5 Å². The Labute approximate surface area is 189 Å². The number of rotatable bonds is 10. The van der Waals surface area contributed by atoms with Crippen LogP contribution in [0.1, 0.15) is 46.1 Å². The molecule has 7 nitrogen and oxygen atoms in total. The normalized spacial score (nSPS) is 14.5. The number of anilines is 2. The van der Waals surface area contributed by atoms with Gasteiger partial charge in [-0.3, -0.25) is 14.1 Å². The van der Waals surface area contributed by atoms with Crippen molar-refractivity contribution in [3.05, 3.63) is 42.5 Å². The summed E-state index contributed by atoms with van der Waals surface area (Å²) in [6.07, 6.45) is 3.50. The van der Waals surface area contributed by atoms with Crippen molar-refractivity contribution in [3.63, 3.8) is 0 Å².